The van der Waals surface area contributed by atoms with Crippen molar-refractivity contribution < 1.29 is 14.3 Å². The molecule has 0 aromatic heterocycles. The normalized spacial score (nSPS) is 13.4. The number of hydrogen-bond acceptors (Lipinski definition) is 4. The summed E-state index contributed by atoms with van der Waals surface area (Å²) < 4.78 is 4.66. The Labute approximate surface area is 171 Å². The van der Waals surface area contributed by atoms with E-state index in [0.717, 1.165) is 28.9 Å². The molecule has 0 spiro atoms. The lowest BCUT2D eigenvalue weighted by Crippen LogP contribution is -2.31. The Kier molecular flexibility index (Phi) is 7.84. The standard InChI is InChI=1S/C21H25N3O3.ClH/c1-27-20(25)10-7-16-5-8-18(9-6-16)23-13-14-24(21(23)26)19-4-2-3-17(15-19)11-12-22;/h2-6,8-9,15H,7,10-14,22H2,1H3;1H. The molecule has 0 bridgehead atoms. The minimum absolute atomic E-state index is 0. The fraction of sp³-hybridized carbons (Fsp3) is 0.333. The molecule has 3 rings (SSSR count). The highest BCUT2D eigenvalue weighted by molar-refractivity contribution is 6.06. The number of nitrogens with two attached hydrogens (primary N) is 1. The first kappa shape index (κ1) is 21.7. The van der Waals surface area contributed by atoms with Gasteiger partial charge < -0.3 is 10.5 Å². The first-order valence-corrected chi connectivity index (χ1v) is 9.16. The lowest BCUT2D eigenvalue weighted by molar-refractivity contribution is -0.140. The molecule has 0 unspecified atom stereocenters. The van der Waals surface area contributed by atoms with Crippen LogP contribution in [0.15, 0.2) is 48.5 Å². The van der Waals surface area contributed by atoms with Gasteiger partial charge in [-0.3, -0.25) is 14.6 Å². The molecule has 2 amide bonds. The molecular formula is C21H26ClN3O3. The molecule has 1 aliphatic heterocycles. The second kappa shape index (κ2) is 10.1. The molecule has 28 heavy (non-hydrogen) atoms. The first-order chi connectivity index (χ1) is 13.1. The summed E-state index contributed by atoms with van der Waals surface area (Å²) in [7, 11) is 1.39. The number of carbonyl (C=O) groups is 2. The number of aryl methyl sites for hydroxylation is 1. The number of methoxy groups -OCH3 is 1. The van der Waals surface area contributed by atoms with E-state index >= 15 is 0 Å². The van der Waals surface area contributed by atoms with Gasteiger partial charge in [-0.1, -0.05) is 24.3 Å². The average Bonchev–Trinajstić information content (AvgIpc) is 3.08. The minimum atomic E-state index is -0.221. The maximum atomic E-state index is 12.9. The number of amides is 2. The van der Waals surface area contributed by atoms with Crippen LogP contribution in [0.25, 0.3) is 0 Å². The van der Waals surface area contributed by atoms with Gasteiger partial charge in [0.2, 0.25) is 0 Å². The zero-order valence-corrected chi connectivity index (χ0v) is 16.8. The van der Waals surface area contributed by atoms with E-state index in [4.69, 9.17) is 5.73 Å². The molecule has 6 nitrogen and oxygen atoms in total. The van der Waals surface area contributed by atoms with Crippen molar-refractivity contribution in [1.82, 2.24) is 0 Å². The fourth-order valence-electron chi connectivity index (χ4n) is 3.25. The third-order valence-corrected chi connectivity index (χ3v) is 4.76. The van der Waals surface area contributed by atoms with Crippen molar-refractivity contribution in [3.05, 3.63) is 59.7 Å². The zero-order chi connectivity index (χ0) is 19.2. The van der Waals surface area contributed by atoms with Crippen molar-refractivity contribution >= 4 is 35.8 Å². The van der Waals surface area contributed by atoms with E-state index in [-0.39, 0.29) is 24.4 Å². The number of anilines is 2. The van der Waals surface area contributed by atoms with Crippen LogP contribution in [0.4, 0.5) is 16.2 Å². The Morgan fingerprint density at radius 1 is 1.00 bits per heavy atom. The van der Waals surface area contributed by atoms with Crippen molar-refractivity contribution in [2.75, 3.05) is 36.5 Å². The van der Waals surface area contributed by atoms with Gasteiger partial charge in [-0.25, -0.2) is 4.79 Å². The summed E-state index contributed by atoms with van der Waals surface area (Å²) >= 11 is 0. The van der Waals surface area contributed by atoms with Crippen LogP contribution in [0.1, 0.15) is 17.5 Å². The summed E-state index contributed by atoms with van der Waals surface area (Å²) in [6.45, 7) is 1.88. The molecule has 0 radical (unpaired) electrons. The van der Waals surface area contributed by atoms with Crippen molar-refractivity contribution in [2.24, 2.45) is 5.73 Å². The number of hydrogen-bond donors (Lipinski definition) is 1. The fourth-order valence-corrected chi connectivity index (χ4v) is 3.25. The molecule has 1 saturated heterocycles. The Morgan fingerprint density at radius 2 is 1.68 bits per heavy atom. The van der Waals surface area contributed by atoms with E-state index in [1.165, 1.54) is 7.11 Å². The molecule has 2 aromatic carbocycles. The molecule has 150 valence electrons. The Hall–Kier alpha value is -2.57. The number of rotatable bonds is 7. The number of esters is 1. The van der Waals surface area contributed by atoms with Crippen LogP contribution >= 0.6 is 12.4 Å². The highest BCUT2D eigenvalue weighted by atomic mass is 35.5. The lowest BCUT2D eigenvalue weighted by atomic mass is 10.1. The summed E-state index contributed by atoms with van der Waals surface area (Å²) in [6.07, 6.45) is 1.78. The molecule has 0 aliphatic carbocycles. The number of benzene rings is 2. The Morgan fingerprint density at radius 3 is 2.32 bits per heavy atom. The zero-order valence-electron chi connectivity index (χ0n) is 16.0. The van der Waals surface area contributed by atoms with Crippen LogP contribution in [0, 0.1) is 0 Å². The van der Waals surface area contributed by atoms with Gasteiger partial charge in [0.1, 0.15) is 0 Å². The molecular weight excluding hydrogens is 378 g/mol. The Bertz CT molecular complexity index is 811. The average molecular weight is 404 g/mol. The largest absolute Gasteiger partial charge is 0.469 e. The van der Waals surface area contributed by atoms with E-state index in [9.17, 15) is 9.59 Å². The van der Waals surface area contributed by atoms with Crippen LogP contribution in [-0.4, -0.2) is 38.7 Å². The third kappa shape index (κ3) is 5.03. The molecule has 2 N–H and O–H groups in total. The molecule has 1 heterocycles. The lowest BCUT2D eigenvalue weighted by Gasteiger charge is -2.19. The van der Waals surface area contributed by atoms with Crippen molar-refractivity contribution in [3.8, 4) is 0 Å². The summed E-state index contributed by atoms with van der Waals surface area (Å²) in [5, 5.41) is 0. The topological polar surface area (TPSA) is 75.9 Å². The highest BCUT2D eigenvalue weighted by Crippen LogP contribution is 2.26. The number of halogens is 1. The molecule has 1 aliphatic rings. The maximum Gasteiger partial charge on any atom is 0.329 e. The van der Waals surface area contributed by atoms with Crippen LogP contribution < -0.4 is 15.5 Å². The van der Waals surface area contributed by atoms with Crippen LogP contribution in [0.2, 0.25) is 0 Å². The summed E-state index contributed by atoms with van der Waals surface area (Å²) in [5.41, 5.74) is 9.58. The van der Waals surface area contributed by atoms with Gasteiger partial charge in [-0.15, -0.1) is 12.4 Å². The van der Waals surface area contributed by atoms with E-state index in [1.807, 2.05) is 48.5 Å². The predicted molar refractivity (Wildman–Crippen MR) is 113 cm³/mol. The Balaban J connectivity index is 0.00000280. The second-order valence-electron chi connectivity index (χ2n) is 6.54. The van der Waals surface area contributed by atoms with Gasteiger partial charge >= 0.3 is 12.0 Å². The summed E-state index contributed by atoms with van der Waals surface area (Å²) in [6, 6.07) is 15.7. The van der Waals surface area contributed by atoms with Gasteiger partial charge in [0.05, 0.1) is 7.11 Å². The summed E-state index contributed by atoms with van der Waals surface area (Å²) in [4.78, 5) is 27.7. The van der Waals surface area contributed by atoms with Crippen LogP contribution in [-0.2, 0) is 22.4 Å². The van der Waals surface area contributed by atoms with E-state index in [2.05, 4.69) is 4.74 Å². The molecule has 2 aromatic rings. The van der Waals surface area contributed by atoms with E-state index in [0.29, 0.717) is 32.5 Å². The summed E-state index contributed by atoms with van der Waals surface area (Å²) in [5.74, 6) is -0.221. The molecule has 0 saturated carbocycles. The van der Waals surface area contributed by atoms with Gasteiger partial charge in [-0.05, 0) is 54.8 Å². The SMILES string of the molecule is COC(=O)CCc1ccc(N2CCN(c3cccc(CCN)c3)C2=O)cc1.Cl. The molecule has 7 heteroatoms. The third-order valence-electron chi connectivity index (χ3n) is 4.76. The van der Waals surface area contributed by atoms with E-state index < -0.39 is 0 Å². The van der Waals surface area contributed by atoms with Gasteiger partial charge in [0.25, 0.3) is 0 Å². The quantitative estimate of drug-likeness (QED) is 0.720. The number of ether oxygens (including phenoxy) is 1. The number of nitrogens with zero attached hydrogens (tertiary/aromatic N) is 2. The van der Waals surface area contributed by atoms with E-state index in [1.54, 1.807) is 9.80 Å². The van der Waals surface area contributed by atoms with Gasteiger partial charge in [0, 0.05) is 30.9 Å². The van der Waals surface area contributed by atoms with Gasteiger partial charge in [0.15, 0.2) is 0 Å². The molecule has 1 fully saturated rings. The number of urea groups is 1. The van der Waals surface area contributed by atoms with Crippen molar-refractivity contribution in [1.29, 1.82) is 0 Å². The molecule has 0 atom stereocenters. The smallest absolute Gasteiger partial charge is 0.329 e. The van der Waals surface area contributed by atoms with Crippen molar-refractivity contribution in [3.63, 3.8) is 0 Å². The van der Waals surface area contributed by atoms with Gasteiger partial charge in [-0.2, -0.15) is 0 Å². The van der Waals surface area contributed by atoms with Crippen LogP contribution in [0.3, 0.4) is 0 Å². The van der Waals surface area contributed by atoms with Crippen molar-refractivity contribution in [2.45, 2.75) is 19.3 Å². The predicted octanol–water partition coefficient (Wildman–Crippen LogP) is 3.16. The number of carbonyl (C=O) groups excluding carboxylic acids is 2. The second-order valence-corrected chi connectivity index (χ2v) is 6.54. The van der Waals surface area contributed by atoms with Crippen LogP contribution in [0.5, 0.6) is 0 Å². The monoisotopic (exact) mass is 403 g/mol. The maximum absolute atomic E-state index is 12.9. The first-order valence-electron chi connectivity index (χ1n) is 9.16. The highest BCUT2D eigenvalue weighted by Gasteiger charge is 2.30. The minimum Gasteiger partial charge on any atom is -0.469 e.